The third-order valence-corrected chi connectivity index (χ3v) is 6.74. The highest BCUT2D eigenvalue weighted by Crippen LogP contribution is 2.25. The van der Waals surface area contributed by atoms with E-state index >= 15 is 0 Å². The van der Waals surface area contributed by atoms with Gasteiger partial charge in [-0.1, -0.05) is 6.07 Å². The van der Waals surface area contributed by atoms with Crippen molar-refractivity contribution in [3.05, 3.63) is 54.4 Å². The largest absolute Gasteiger partial charge is 0.381 e. The van der Waals surface area contributed by atoms with Gasteiger partial charge >= 0.3 is 6.03 Å². The van der Waals surface area contributed by atoms with Crippen LogP contribution in [0, 0.1) is 0 Å². The summed E-state index contributed by atoms with van der Waals surface area (Å²) in [5.74, 6) is 0. The van der Waals surface area contributed by atoms with E-state index in [9.17, 15) is 13.2 Å². The SMILES string of the molecule is COC1CC(NS(=O)(=O)c2ccc(NC(=O)NCc3cccnc3)cc2)CC(OC)C1. The number of benzene rings is 1. The van der Waals surface area contributed by atoms with Crippen LogP contribution in [0.1, 0.15) is 24.8 Å². The van der Waals surface area contributed by atoms with Gasteiger partial charge in [0, 0.05) is 44.9 Å². The van der Waals surface area contributed by atoms with Gasteiger partial charge in [0.25, 0.3) is 0 Å². The number of ether oxygens (including phenoxy) is 2. The molecule has 2 unspecified atom stereocenters. The van der Waals surface area contributed by atoms with Crippen molar-refractivity contribution in [2.24, 2.45) is 0 Å². The number of nitrogens with one attached hydrogen (secondary N) is 3. The number of anilines is 1. The fourth-order valence-electron chi connectivity index (χ4n) is 3.56. The molecule has 1 aromatic heterocycles. The quantitative estimate of drug-likeness (QED) is 0.570. The standard InChI is InChI=1S/C21H28N4O5S/c1-29-18-10-17(11-19(12-18)30-2)25-31(27,28)20-7-5-16(6-8-20)24-21(26)23-14-15-4-3-9-22-13-15/h3-9,13,17-19,25H,10-12,14H2,1-2H3,(H2,23,24,26). The van der Waals surface area contributed by atoms with Gasteiger partial charge < -0.3 is 20.1 Å². The molecule has 3 N–H and O–H groups in total. The number of rotatable bonds is 8. The van der Waals surface area contributed by atoms with Crippen molar-refractivity contribution in [3.63, 3.8) is 0 Å². The van der Waals surface area contributed by atoms with E-state index in [-0.39, 0.29) is 23.1 Å². The predicted molar refractivity (Wildman–Crippen MR) is 116 cm³/mol. The summed E-state index contributed by atoms with van der Waals surface area (Å²) in [5, 5.41) is 5.40. The molecule has 1 fully saturated rings. The lowest BCUT2D eigenvalue weighted by atomic mass is 9.91. The molecule has 1 saturated carbocycles. The van der Waals surface area contributed by atoms with Gasteiger partial charge in [-0.3, -0.25) is 4.98 Å². The van der Waals surface area contributed by atoms with Crippen LogP contribution in [-0.2, 0) is 26.0 Å². The monoisotopic (exact) mass is 448 g/mol. The smallest absolute Gasteiger partial charge is 0.319 e. The van der Waals surface area contributed by atoms with Gasteiger partial charge in [0.1, 0.15) is 0 Å². The van der Waals surface area contributed by atoms with Crippen LogP contribution in [0.3, 0.4) is 0 Å². The van der Waals surface area contributed by atoms with Gasteiger partial charge in [0.05, 0.1) is 17.1 Å². The highest BCUT2D eigenvalue weighted by Gasteiger charge is 2.31. The number of amides is 2. The van der Waals surface area contributed by atoms with Crippen molar-refractivity contribution in [1.82, 2.24) is 15.0 Å². The highest BCUT2D eigenvalue weighted by atomic mass is 32.2. The van der Waals surface area contributed by atoms with E-state index in [0.717, 1.165) is 12.0 Å². The van der Waals surface area contributed by atoms with E-state index in [2.05, 4.69) is 20.3 Å². The second kappa shape index (κ2) is 10.7. The number of aromatic nitrogens is 1. The lowest BCUT2D eigenvalue weighted by Gasteiger charge is -2.33. The number of pyridine rings is 1. The van der Waals surface area contributed by atoms with Crippen LogP contribution in [0.2, 0.25) is 0 Å². The van der Waals surface area contributed by atoms with Gasteiger partial charge in [0.2, 0.25) is 10.0 Å². The molecule has 2 aromatic rings. The third kappa shape index (κ3) is 6.73. The molecular formula is C21H28N4O5S. The maximum Gasteiger partial charge on any atom is 0.319 e. The Labute approximate surface area is 182 Å². The molecule has 1 aliphatic rings. The molecule has 3 rings (SSSR count). The van der Waals surface area contributed by atoms with Gasteiger partial charge in [-0.2, -0.15) is 0 Å². The molecule has 9 nitrogen and oxygen atoms in total. The molecule has 0 bridgehead atoms. The Balaban J connectivity index is 1.56. The molecule has 1 heterocycles. The van der Waals surface area contributed by atoms with Crippen LogP contribution in [0.15, 0.2) is 53.7 Å². The Morgan fingerprint density at radius 3 is 2.32 bits per heavy atom. The molecule has 1 aromatic carbocycles. The lowest BCUT2D eigenvalue weighted by molar-refractivity contribution is -0.0178. The second-order valence-corrected chi connectivity index (χ2v) is 9.15. The van der Waals surface area contributed by atoms with Crippen molar-refractivity contribution < 1.29 is 22.7 Å². The van der Waals surface area contributed by atoms with Crippen molar-refractivity contribution in [3.8, 4) is 0 Å². The van der Waals surface area contributed by atoms with E-state index in [0.29, 0.717) is 25.1 Å². The minimum Gasteiger partial charge on any atom is -0.381 e. The molecule has 10 heteroatoms. The first-order valence-corrected chi connectivity index (χ1v) is 11.5. The summed E-state index contributed by atoms with van der Waals surface area (Å²) in [6.07, 6.45) is 5.15. The maximum absolute atomic E-state index is 12.8. The van der Waals surface area contributed by atoms with E-state index in [1.807, 2.05) is 6.07 Å². The molecular weight excluding hydrogens is 420 g/mol. The lowest BCUT2D eigenvalue weighted by Crippen LogP contribution is -2.44. The van der Waals surface area contributed by atoms with Crippen molar-refractivity contribution in [1.29, 1.82) is 0 Å². The average molecular weight is 449 g/mol. The van der Waals surface area contributed by atoms with E-state index in [4.69, 9.17) is 9.47 Å². The van der Waals surface area contributed by atoms with Gasteiger partial charge in [-0.05, 0) is 55.2 Å². The van der Waals surface area contributed by atoms with Crippen LogP contribution >= 0.6 is 0 Å². The average Bonchev–Trinajstić information content (AvgIpc) is 2.78. The van der Waals surface area contributed by atoms with Gasteiger partial charge in [0.15, 0.2) is 0 Å². The van der Waals surface area contributed by atoms with E-state index in [1.165, 1.54) is 12.1 Å². The summed E-state index contributed by atoms with van der Waals surface area (Å²) in [6.45, 7) is 0.336. The molecule has 2 atom stereocenters. The number of sulfonamides is 1. The summed E-state index contributed by atoms with van der Waals surface area (Å²) in [6, 6.07) is 9.01. The minimum atomic E-state index is -3.71. The normalized spacial score (nSPS) is 21.4. The topological polar surface area (TPSA) is 119 Å². The Morgan fingerprint density at radius 1 is 1.06 bits per heavy atom. The molecule has 1 aliphatic carbocycles. The Kier molecular flexibility index (Phi) is 7.97. The summed E-state index contributed by atoms with van der Waals surface area (Å²) < 4.78 is 39.1. The van der Waals surface area contributed by atoms with Crippen molar-refractivity contribution >= 4 is 21.7 Å². The maximum atomic E-state index is 12.8. The zero-order chi connectivity index (χ0) is 22.3. The predicted octanol–water partition coefficient (Wildman–Crippen LogP) is 2.26. The number of urea groups is 1. The Hall–Kier alpha value is -2.53. The molecule has 168 valence electrons. The van der Waals surface area contributed by atoms with Crippen LogP contribution < -0.4 is 15.4 Å². The number of carbonyl (C=O) groups is 1. The van der Waals surface area contributed by atoms with Gasteiger partial charge in [-0.25, -0.2) is 17.9 Å². The highest BCUT2D eigenvalue weighted by molar-refractivity contribution is 7.89. The third-order valence-electron chi connectivity index (χ3n) is 5.21. The first kappa shape index (κ1) is 23.1. The first-order valence-electron chi connectivity index (χ1n) is 10.0. The number of hydrogen-bond donors (Lipinski definition) is 3. The number of hydrogen-bond acceptors (Lipinski definition) is 6. The van der Waals surface area contributed by atoms with E-state index < -0.39 is 16.1 Å². The minimum absolute atomic E-state index is 0.0526. The zero-order valence-electron chi connectivity index (χ0n) is 17.6. The fraction of sp³-hybridized carbons (Fsp3) is 0.429. The summed E-state index contributed by atoms with van der Waals surface area (Å²) in [7, 11) is -0.475. The summed E-state index contributed by atoms with van der Waals surface area (Å²) in [5.41, 5.74) is 1.36. The van der Waals surface area contributed by atoms with Crippen LogP contribution in [-0.4, -0.2) is 51.9 Å². The fourth-order valence-corrected chi connectivity index (χ4v) is 4.82. The van der Waals surface area contributed by atoms with E-state index in [1.54, 1.807) is 44.8 Å². The summed E-state index contributed by atoms with van der Waals surface area (Å²) in [4.78, 5) is 16.2. The Morgan fingerprint density at radius 2 is 1.74 bits per heavy atom. The second-order valence-electron chi connectivity index (χ2n) is 7.43. The first-order chi connectivity index (χ1) is 14.9. The molecule has 2 amide bonds. The number of nitrogens with zero attached hydrogens (tertiary/aromatic N) is 1. The molecule has 0 aliphatic heterocycles. The van der Waals surface area contributed by atoms with Crippen LogP contribution in [0.4, 0.5) is 10.5 Å². The Bertz CT molecular complexity index is 941. The molecule has 31 heavy (non-hydrogen) atoms. The number of carbonyl (C=O) groups excluding carboxylic acids is 1. The molecule has 0 spiro atoms. The zero-order valence-corrected chi connectivity index (χ0v) is 18.4. The van der Waals surface area contributed by atoms with Crippen LogP contribution in [0.5, 0.6) is 0 Å². The summed E-state index contributed by atoms with van der Waals surface area (Å²) >= 11 is 0. The van der Waals surface area contributed by atoms with Crippen molar-refractivity contribution in [2.45, 2.75) is 49.0 Å². The van der Waals surface area contributed by atoms with Crippen LogP contribution in [0.25, 0.3) is 0 Å². The van der Waals surface area contributed by atoms with Crippen molar-refractivity contribution in [2.75, 3.05) is 19.5 Å². The molecule has 0 radical (unpaired) electrons. The molecule has 0 saturated heterocycles. The van der Waals surface area contributed by atoms with Gasteiger partial charge in [-0.15, -0.1) is 0 Å². The number of methoxy groups -OCH3 is 2.